The summed E-state index contributed by atoms with van der Waals surface area (Å²) in [5, 5.41) is 16.0. The van der Waals surface area contributed by atoms with Crippen molar-refractivity contribution in [2.75, 3.05) is 26.9 Å². The molecular formula is C22H25FN4O6. The summed E-state index contributed by atoms with van der Waals surface area (Å²) in [5.74, 6) is -0.356. The fourth-order valence-electron chi connectivity index (χ4n) is 3.54. The van der Waals surface area contributed by atoms with Crippen LogP contribution in [0.3, 0.4) is 0 Å². The highest BCUT2D eigenvalue weighted by Crippen LogP contribution is 2.23. The molecule has 2 N–H and O–H groups in total. The van der Waals surface area contributed by atoms with Gasteiger partial charge in [0.1, 0.15) is 29.4 Å². The molecule has 4 rings (SSSR count). The zero-order valence-electron chi connectivity index (χ0n) is 18.3. The van der Waals surface area contributed by atoms with Crippen molar-refractivity contribution in [3.63, 3.8) is 0 Å². The lowest BCUT2D eigenvalue weighted by Crippen LogP contribution is -2.43. The maximum Gasteiger partial charge on any atom is 0.270 e. The third-order valence-corrected chi connectivity index (χ3v) is 5.34. The number of aliphatic hydroxyl groups excluding tert-OH is 1. The molecule has 2 aliphatic heterocycles. The van der Waals surface area contributed by atoms with Crippen LogP contribution in [0.4, 0.5) is 4.39 Å². The lowest BCUT2D eigenvalue weighted by molar-refractivity contribution is -0.178. The van der Waals surface area contributed by atoms with Gasteiger partial charge in [-0.15, -0.1) is 0 Å². The van der Waals surface area contributed by atoms with Crippen molar-refractivity contribution in [1.29, 1.82) is 0 Å². The Balaban J connectivity index is 1.39. The smallest absolute Gasteiger partial charge is 0.270 e. The number of nitrogens with one attached hydrogen (secondary N) is 1. The molecule has 0 radical (unpaired) electrons. The molecule has 10 nitrogen and oxygen atoms in total. The molecule has 0 aliphatic carbocycles. The first-order chi connectivity index (χ1) is 16.0. The number of aromatic nitrogens is 2. The Hall–Kier alpha value is -3.15. The summed E-state index contributed by atoms with van der Waals surface area (Å²) in [6.07, 6.45) is -0.553. The fraction of sp³-hybridized carbons (Fsp3) is 0.455. The van der Waals surface area contributed by atoms with E-state index in [1.165, 1.54) is 19.2 Å². The van der Waals surface area contributed by atoms with Crippen LogP contribution in [0.2, 0.25) is 0 Å². The molecule has 1 saturated heterocycles. The molecular weight excluding hydrogens is 435 g/mol. The van der Waals surface area contributed by atoms with Gasteiger partial charge in [0.2, 0.25) is 0 Å². The predicted octanol–water partition coefficient (Wildman–Crippen LogP) is 1.13. The Morgan fingerprint density at radius 2 is 2.09 bits per heavy atom. The lowest BCUT2D eigenvalue weighted by atomic mass is 10.0. The number of carbonyl (C=O) groups excluding carboxylic acids is 1. The van der Waals surface area contributed by atoms with Gasteiger partial charge in [-0.25, -0.2) is 14.4 Å². The summed E-state index contributed by atoms with van der Waals surface area (Å²) in [4.78, 5) is 26.8. The quantitative estimate of drug-likeness (QED) is 0.630. The number of nitrogens with zero attached hydrogens (tertiary/aromatic N) is 3. The van der Waals surface area contributed by atoms with Crippen molar-refractivity contribution in [3.05, 3.63) is 52.9 Å². The van der Waals surface area contributed by atoms with Crippen molar-refractivity contribution in [2.45, 2.75) is 38.2 Å². The van der Waals surface area contributed by atoms with Crippen LogP contribution in [-0.2, 0) is 20.9 Å². The Morgan fingerprint density at radius 3 is 2.82 bits per heavy atom. The molecule has 1 fully saturated rings. The second-order valence-electron chi connectivity index (χ2n) is 7.73. The van der Waals surface area contributed by atoms with E-state index in [1.807, 2.05) is 0 Å². The third-order valence-electron chi connectivity index (χ3n) is 5.34. The fourth-order valence-corrected chi connectivity index (χ4v) is 3.54. The first kappa shape index (κ1) is 23.0. The average Bonchev–Trinajstić information content (AvgIpc) is 3.33. The highest BCUT2D eigenvalue weighted by Gasteiger charge is 2.35. The molecule has 2 aliphatic rings. The molecule has 0 spiro atoms. The Kier molecular flexibility index (Phi) is 7.11. The summed E-state index contributed by atoms with van der Waals surface area (Å²) >= 11 is 0. The molecule has 0 bridgehead atoms. The van der Waals surface area contributed by atoms with Crippen LogP contribution in [0.25, 0.3) is 0 Å². The minimum absolute atomic E-state index is 0.0975. The second-order valence-corrected chi connectivity index (χ2v) is 7.73. The summed E-state index contributed by atoms with van der Waals surface area (Å²) in [5.41, 5.74) is 1.93. The number of carbonyl (C=O) groups is 1. The van der Waals surface area contributed by atoms with Gasteiger partial charge in [-0.05, 0) is 30.7 Å². The minimum Gasteiger partial charge on any atom is -0.494 e. The SMILES string of the molecule is COc1cc(CNC(=O)c2cc(C3=NOC(C4CO[C@@H](CO)CO4)C3)nc(C)n2)ccc1F. The van der Waals surface area contributed by atoms with Gasteiger partial charge >= 0.3 is 0 Å². The van der Waals surface area contributed by atoms with E-state index in [4.69, 9.17) is 24.2 Å². The molecule has 1 aromatic heterocycles. The molecule has 2 aromatic rings. The molecule has 3 atom stereocenters. The first-order valence-corrected chi connectivity index (χ1v) is 10.5. The van der Waals surface area contributed by atoms with Gasteiger partial charge in [0.05, 0.1) is 32.6 Å². The largest absolute Gasteiger partial charge is 0.494 e. The number of rotatable bonds is 7. The van der Waals surface area contributed by atoms with E-state index in [9.17, 15) is 9.18 Å². The molecule has 11 heteroatoms. The topological polar surface area (TPSA) is 124 Å². The van der Waals surface area contributed by atoms with Crippen molar-refractivity contribution in [2.24, 2.45) is 5.16 Å². The van der Waals surface area contributed by atoms with E-state index in [0.717, 1.165) is 0 Å². The van der Waals surface area contributed by atoms with E-state index in [1.54, 1.807) is 19.1 Å². The molecule has 1 aromatic carbocycles. The van der Waals surface area contributed by atoms with Crippen LogP contribution in [0.5, 0.6) is 5.75 Å². The average molecular weight is 460 g/mol. The van der Waals surface area contributed by atoms with Crippen molar-refractivity contribution in [1.82, 2.24) is 15.3 Å². The van der Waals surface area contributed by atoms with Gasteiger partial charge in [-0.3, -0.25) is 4.79 Å². The van der Waals surface area contributed by atoms with Crippen LogP contribution in [0.1, 0.15) is 34.0 Å². The molecule has 0 saturated carbocycles. The number of hydrogen-bond acceptors (Lipinski definition) is 9. The summed E-state index contributed by atoms with van der Waals surface area (Å²) in [6.45, 7) is 2.34. The van der Waals surface area contributed by atoms with Crippen LogP contribution in [0.15, 0.2) is 29.4 Å². The third kappa shape index (κ3) is 5.44. The van der Waals surface area contributed by atoms with Gasteiger partial charge in [0.25, 0.3) is 5.91 Å². The van der Waals surface area contributed by atoms with Crippen LogP contribution >= 0.6 is 0 Å². The van der Waals surface area contributed by atoms with Gasteiger partial charge in [0, 0.05) is 13.0 Å². The summed E-state index contributed by atoms with van der Waals surface area (Å²) in [7, 11) is 1.38. The lowest BCUT2D eigenvalue weighted by Gasteiger charge is -2.30. The van der Waals surface area contributed by atoms with Crippen molar-refractivity contribution >= 4 is 11.6 Å². The Bertz CT molecular complexity index is 1040. The standard InChI is InChI=1S/C22H25FN4O6/c1-12-25-16(17-7-20(33-27-17)21-11-31-14(9-28)10-32-21)6-18(26-12)22(29)24-8-13-3-4-15(23)19(5-13)30-2/h3-6,14,20-21,28H,7-11H2,1-2H3,(H,24,29)/t14-,20?,21?/m0/s1. The van der Waals surface area contributed by atoms with Gasteiger partial charge in [-0.2, -0.15) is 0 Å². The normalized spacial score (nSPS) is 22.4. The van der Waals surface area contributed by atoms with E-state index in [0.29, 0.717) is 35.8 Å². The summed E-state index contributed by atoms with van der Waals surface area (Å²) < 4.78 is 29.8. The van der Waals surface area contributed by atoms with Crippen LogP contribution in [0, 0.1) is 12.7 Å². The number of aliphatic hydroxyl groups is 1. The van der Waals surface area contributed by atoms with Gasteiger partial charge in [0.15, 0.2) is 17.7 Å². The monoisotopic (exact) mass is 460 g/mol. The van der Waals surface area contributed by atoms with Gasteiger partial charge < -0.3 is 29.5 Å². The van der Waals surface area contributed by atoms with E-state index in [-0.39, 0.29) is 49.5 Å². The Labute approximate surface area is 189 Å². The molecule has 3 heterocycles. The number of methoxy groups -OCH3 is 1. The number of ether oxygens (including phenoxy) is 3. The first-order valence-electron chi connectivity index (χ1n) is 10.5. The van der Waals surface area contributed by atoms with E-state index in [2.05, 4.69) is 20.4 Å². The van der Waals surface area contributed by atoms with Crippen LogP contribution < -0.4 is 10.1 Å². The van der Waals surface area contributed by atoms with Crippen molar-refractivity contribution in [3.8, 4) is 5.75 Å². The number of aryl methyl sites for hydroxylation is 1. The highest BCUT2D eigenvalue weighted by molar-refractivity contribution is 6.02. The number of benzene rings is 1. The van der Waals surface area contributed by atoms with Gasteiger partial charge in [-0.1, -0.05) is 11.2 Å². The highest BCUT2D eigenvalue weighted by atomic mass is 19.1. The van der Waals surface area contributed by atoms with E-state index >= 15 is 0 Å². The Morgan fingerprint density at radius 1 is 1.24 bits per heavy atom. The number of oxime groups is 1. The maximum absolute atomic E-state index is 13.6. The van der Waals surface area contributed by atoms with E-state index < -0.39 is 11.7 Å². The van der Waals surface area contributed by atoms with Crippen molar-refractivity contribution < 1.29 is 33.3 Å². The molecule has 176 valence electrons. The predicted molar refractivity (Wildman–Crippen MR) is 113 cm³/mol. The molecule has 2 unspecified atom stereocenters. The van der Waals surface area contributed by atoms with Crippen LogP contribution in [-0.4, -0.2) is 71.9 Å². The zero-order chi connectivity index (χ0) is 23.4. The summed E-state index contributed by atoms with van der Waals surface area (Å²) in [6, 6.07) is 5.93. The number of hydrogen-bond donors (Lipinski definition) is 2. The minimum atomic E-state index is -0.472. The zero-order valence-corrected chi connectivity index (χ0v) is 18.3. The number of halogens is 1. The molecule has 33 heavy (non-hydrogen) atoms. The second kappa shape index (κ2) is 10.2. The maximum atomic E-state index is 13.6. The molecule has 1 amide bonds. The number of amides is 1.